The number of ether oxygens (including phenoxy) is 1. The molecule has 1 atom stereocenters. The van der Waals surface area contributed by atoms with E-state index in [0.717, 1.165) is 23.0 Å². The van der Waals surface area contributed by atoms with Crippen molar-refractivity contribution in [2.45, 2.75) is 19.4 Å². The molecule has 6 nitrogen and oxygen atoms in total. The summed E-state index contributed by atoms with van der Waals surface area (Å²) in [7, 11) is 0. The van der Waals surface area contributed by atoms with Gasteiger partial charge < -0.3 is 10.1 Å². The average molecular weight is 458 g/mol. The van der Waals surface area contributed by atoms with Gasteiger partial charge in [-0.2, -0.15) is 0 Å². The molecule has 0 bridgehead atoms. The molecule has 4 rings (SSSR count). The number of aldehydes is 1. The van der Waals surface area contributed by atoms with E-state index < -0.39 is 11.9 Å². The molecule has 2 aliphatic rings. The molecule has 2 aromatic rings. The molecule has 1 N–H and O–H groups in total. The van der Waals surface area contributed by atoms with Crippen LogP contribution in [0.25, 0.3) is 11.1 Å². The summed E-state index contributed by atoms with van der Waals surface area (Å²) >= 11 is 0. The van der Waals surface area contributed by atoms with E-state index >= 15 is 0 Å². The van der Waals surface area contributed by atoms with Gasteiger partial charge >= 0.3 is 5.97 Å². The zero-order chi connectivity index (χ0) is 23.9. The highest BCUT2D eigenvalue weighted by Gasteiger charge is 2.26. The van der Waals surface area contributed by atoms with Crippen LogP contribution in [0.2, 0.25) is 0 Å². The molecule has 0 fully saturated rings. The van der Waals surface area contributed by atoms with Crippen LogP contribution in [-0.4, -0.2) is 43.1 Å². The summed E-state index contributed by atoms with van der Waals surface area (Å²) < 4.78 is 19.1. The van der Waals surface area contributed by atoms with Crippen molar-refractivity contribution in [1.82, 2.24) is 5.32 Å². The molecule has 0 spiro atoms. The summed E-state index contributed by atoms with van der Waals surface area (Å²) in [5.74, 6) is 0.314. The summed E-state index contributed by atoms with van der Waals surface area (Å²) in [6.45, 7) is 2.27. The number of rotatable bonds is 7. The normalized spacial score (nSPS) is 18.1. The number of halogens is 1. The van der Waals surface area contributed by atoms with Crippen LogP contribution in [0, 0.1) is 0 Å². The van der Waals surface area contributed by atoms with E-state index in [2.05, 4.69) is 10.3 Å². The minimum absolute atomic E-state index is 0.127. The van der Waals surface area contributed by atoms with Gasteiger partial charge in [0.2, 0.25) is 0 Å². The number of carbonyl (C=O) groups is 2. The Hall–Kier alpha value is -4.13. The fourth-order valence-electron chi connectivity index (χ4n) is 3.76. The molecular formula is C27H24FN3O3. The summed E-state index contributed by atoms with van der Waals surface area (Å²) in [5.41, 5.74) is 3.78. The van der Waals surface area contributed by atoms with E-state index in [0.29, 0.717) is 29.4 Å². The molecule has 0 aromatic heterocycles. The number of benzene rings is 2. The summed E-state index contributed by atoms with van der Waals surface area (Å²) in [5, 5.41) is 3.20. The number of aliphatic imine (C=N–C) groups is 2. The second kappa shape index (κ2) is 10.7. The molecule has 2 aromatic carbocycles. The van der Waals surface area contributed by atoms with Crippen molar-refractivity contribution >= 4 is 23.9 Å². The Kier molecular flexibility index (Phi) is 7.22. The zero-order valence-electron chi connectivity index (χ0n) is 18.7. The second-order valence-corrected chi connectivity index (χ2v) is 7.65. The predicted molar refractivity (Wildman–Crippen MR) is 131 cm³/mol. The maximum Gasteiger partial charge on any atom is 0.307 e. The Morgan fingerprint density at radius 3 is 2.71 bits per heavy atom. The molecule has 0 amide bonds. The van der Waals surface area contributed by atoms with Crippen LogP contribution < -0.4 is 5.32 Å². The summed E-state index contributed by atoms with van der Waals surface area (Å²) in [6, 6.07) is 14.6. The van der Waals surface area contributed by atoms with Crippen LogP contribution >= 0.6 is 0 Å². The van der Waals surface area contributed by atoms with E-state index in [1.54, 1.807) is 25.1 Å². The number of esters is 1. The first kappa shape index (κ1) is 23.0. The van der Waals surface area contributed by atoms with Crippen LogP contribution in [0.1, 0.15) is 29.3 Å². The number of allylic oxidation sites excluding steroid dienone is 4. The van der Waals surface area contributed by atoms with Gasteiger partial charge in [-0.15, -0.1) is 0 Å². The van der Waals surface area contributed by atoms with Gasteiger partial charge in [-0.3, -0.25) is 19.6 Å². The minimum atomic E-state index is -0.419. The molecule has 0 radical (unpaired) electrons. The quantitative estimate of drug-likeness (QED) is 0.487. The molecule has 7 heteroatoms. The molecular weight excluding hydrogens is 433 g/mol. The fourth-order valence-corrected chi connectivity index (χ4v) is 3.76. The highest BCUT2D eigenvalue weighted by molar-refractivity contribution is 6.17. The Bertz CT molecular complexity index is 1240. The number of hydrogen-bond donors (Lipinski definition) is 1. The van der Waals surface area contributed by atoms with Gasteiger partial charge in [0.05, 0.1) is 25.6 Å². The third-order valence-electron chi connectivity index (χ3n) is 5.39. The standard InChI is InChI=1S/C27H24FN3O3/c1-2-34-25(33)14-15-29-27-23-16-21(28)7-5-9-24(23)30-26(31-27)19-12-10-18(11-13-19)22-8-4-3-6-20(22)17-32/h3-13,16-17,24H,2,14-15H2,1H3,(H,29,30,31). The Labute approximate surface area is 197 Å². The lowest BCUT2D eigenvalue weighted by Gasteiger charge is -2.25. The van der Waals surface area contributed by atoms with Crippen molar-refractivity contribution in [3.63, 3.8) is 0 Å². The first-order valence-corrected chi connectivity index (χ1v) is 11.0. The number of fused-ring (bicyclic) bond motifs is 1. The lowest BCUT2D eigenvalue weighted by molar-refractivity contribution is -0.142. The van der Waals surface area contributed by atoms with E-state index in [1.807, 2.05) is 42.5 Å². The van der Waals surface area contributed by atoms with Gasteiger partial charge in [-0.05, 0) is 30.2 Å². The third kappa shape index (κ3) is 5.26. The lowest BCUT2D eigenvalue weighted by atomic mass is 9.98. The molecule has 0 saturated heterocycles. The molecule has 172 valence electrons. The fraction of sp³-hybridized carbons (Fsp3) is 0.185. The van der Waals surface area contributed by atoms with Crippen LogP contribution in [0.5, 0.6) is 0 Å². The molecule has 0 saturated carbocycles. The monoisotopic (exact) mass is 457 g/mol. The van der Waals surface area contributed by atoms with Gasteiger partial charge in [0.15, 0.2) is 6.29 Å². The number of carbonyl (C=O) groups excluding carboxylic acids is 2. The van der Waals surface area contributed by atoms with Crippen molar-refractivity contribution in [3.8, 4) is 11.1 Å². The average Bonchev–Trinajstić information content (AvgIpc) is 3.05. The second-order valence-electron chi connectivity index (χ2n) is 7.65. The largest absolute Gasteiger partial charge is 0.466 e. The maximum absolute atomic E-state index is 14.1. The third-order valence-corrected chi connectivity index (χ3v) is 5.39. The van der Waals surface area contributed by atoms with Crippen molar-refractivity contribution in [1.29, 1.82) is 0 Å². The number of nitrogens with one attached hydrogen (secondary N) is 1. The van der Waals surface area contributed by atoms with Crippen molar-refractivity contribution in [2.24, 2.45) is 9.98 Å². The molecule has 1 unspecified atom stereocenters. The Balaban J connectivity index is 1.63. The van der Waals surface area contributed by atoms with Gasteiger partial charge in [-0.1, -0.05) is 60.7 Å². The number of hydrogen-bond acceptors (Lipinski definition) is 5. The predicted octanol–water partition coefficient (Wildman–Crippen LogP) is 4.59. The lowest BCUT2D eigenvalue weighted by Crippen LogP contribution is -2.41. The van der Waals surface area contributed by atoms with E-state index in [-0.39, 0.29) is 18.9 Å². The van der Waals surface area contributed by atoms with Gasteiger partial charge in [0, 0.05) is 16.7 Å². The van der Waals surface area contributed by atoms with E-state index in [4.69, 9.17) is 9.73 Å². The SMILES string of the molecule is CCOC(=O)CCN=C1NC(c2ccc(-c3ccccc3C=O)cc2)=NC2C=CC=C(F)C=C12. The number of amidine groups is 2. The van der Waals surface area contributed by atoms with Gasteiger partial charge in [-0.25, -0.2) is 4.39 Å². The van der Waals surface area contributed by atoms with Crippen molar-refractivity contribution < 1.29 is 18.7 Å². The highest BCUT2D eigenvalue weighted by Crippen LogP contribution is 2.25. The zero-order valence-corrected chi connectivity index (χ0v) is 18.7. The first-order valence-electron chi connectivity index (χ1n) is 11.0. The van der Waals surface area contributed by atoms with Crippen LogP contribution in [0.15, 0.2) is 94.2 Å². The highest BCUT2D eigenvalue weighted by atomic mass is 19.1. The van der Waals surface area contributed by atoms with Crippen molar-refractivity contribution in [2.75, 3.05) is 13.2 Å². The van der Waals surface area contributed by atoms with Gasteiger partial charge in [0.25, 0.3) is 0 Å². The molecule has 1 aliphatic heterocycles. The number of nitrogens with zero attached hydrogens (tertiary/aromatic N) is 2. The van der Waals surface area contributed by atoms with Crippen LogP contribution in [0.3, 0.4) is 0 Å². The van der Waals surface area contributed by atoms with E-state index in [9.17, 15) is 14.0 Å². The van der Waals surface area contributed by atoms with Crippen molar-refractivity contribution in [3.05, 3.63) is 95.4 Å². The molecule has 1 aliphatic carbocycles. The Morgan fingerprint density at radius 2 is 1.94 bits per heavy atom. The van der Waals surface area contributed by atoms with Crippen LogP contribution in [0.4, 0.5) is 4.39 Å². The molecule has 1 heterocycles. The van der Waals surface area contributed by atoms with Gasteiger partial charge in [0.1, 0.15) is 17.5 Å². The maximum atomic E-state index is 14.1. The summed E-state index contributed by atoms with van der Waals surface area (Å²) in [6.07, 6.45) is 7.17. The minimum Gasteiger partial charge on any atom is -0.466 e. The summed E-state index contributed by atoms with van der Waals surface area (Å²) in [4.78, 5) is 32.4. The van der Waals surface area contributed by atoms with Crippen LogP contribution in [-0.2, 0) is 9.53 Å². The Morgan fingerprint density at radius 1 is 1.18 bits per heavy atom. The first-order chi connectivity index (χ1) is 16.6. The topological polar surface area (TPSA) is 80.1 Å². The van der Waals surface area contributed by atoms with E-state index in [1.165, 1.54) is 12.2 Å². The molecule has 34 heavy (non-hydrogen) atoms. The smallest absolute Gasteiger partial charge is 0.307 e.